The summed E-state index contributed by atoms with van der Waals surface area (Å²) in [6.07, 6.45) is 6.95. The number of carbonyl (C=O) groups is 1. The fourth-order valence-electron chi connectivity index (χ4n) is 3.25. The molecule has 1 N–H and O–H groups in total. The number of nitrogens with zero attached hydrogens (tertiary/aromatic N) is 2. The highest BCUT2D eigenvalue weighted by Gasteiger charge is 2.32. The highest BCUT2D eigenvalue weighted by Crippen LogP contribution is 2.34. The van der Waals surface area contributed by atoms with Gasteiger partial charge in [-0.25, -0.2) is 4.79 Å². The van der Waals surface area contributed by atoms with Crippen molar-refractivity contribution in [2.24, 2.45) is 5.92 Å². The summed E-state index contributed by atoms with van der Waals surface area (Å²) >= 11 is 0. The molecule has 1 aromatic carbocycles. The SMILES string of the molecule is CC[C@@H](NC(=O)N(Cc1cccnc1)Cc1ccccc1OC)C1CC1. The van der Waals surface area contributed by atoms with E-state index in [4.69, 9.17) is 4.74 Å². The summed E-state index contributed by atoms with van der Waals surface area (Å²) < 4.78 is 5.46. The first-order valence-electron chi connectivity index (χ1n) is 9.27. The van der Waals surface area contributed by atoms with Gasteiger partial charge in [0.15, 0.2) is 0 Å². The van der Waals surface area contributed by atoms with Gasteiger partial charge in [-0.15, -0.1) is 0 Å². The maximum absolute atomic E-state index is 13.0. The molecule has 5 nitrogen and oxygen atoms in total. The lowest BCUT2D eigenvalue weighted by atomic mass is 10.1. The van der Waals surface area contributed by atoms with Gasteiger partial charge in [-0.2, -0.15) is 0 Å². The Labute approximate surface area is 155 Å². The molecule has 0 aliphatic heterocycles. The lowest BCUT2D eigenvalue weighted by Crippen LogP contribution is -2.45. The van der Waals surface area contributed by atoms with E-state index in [-0.39, 0.29) is 12.1 Å². The van der Waals surface area contributed by atoms with Crippen LogP contribution in [0.2, 0.25) is 0 Å². The highest BCUT2D eigenvalue weighted by atomic mass is 16.5. The summed E-state index contributed by atoms with van der Waals surface area (Å²) in [6.45, 7) is 3.14. The van der Waals surface area contributed by atoms with Crippen LogP contribution in [0.3, 0.4) is 0 Å². The molecule has 3 rings (SSSR count). The van der Waals surface area contributed by atoms with Gasteiger partial charge in [-0.05, 0) is 42.9 Å². The van der Waals surface area contributed by atoms with Gasteiger partial charge in [0, 0.05) is 30.5 Å². The summed E-state index contributed by atoms with van der Waals surface area (Å²) in [5, 5.41) is 3.23. The molecule has 1 atom stereocenters. The number of urea groups is 1. The Kier molecular flexibility index (Phi) is 6.10. The molecule has 2 aromatic rings. The molecule has 1 heterocycles. The molecule has 5 heteroatoms. The van der Waals surface area contributed by atoms with Crippen LogP contribution in [0.15, 0.2) is 48.8 Å². The van der Waals surface area contributed by atoms with Crippen molar-refractivity contribution in [2.75, 3.05) is 7.11 Å². The molecule has 1 aromatic heterocycles. The van der Waals surface area contributed by atoms with Crippen LogP contribution in [-0.2, 0) is 13.1 Å². The van der Waals surface area contributed by atoms with Crippen LogP contribution < -0.4 is 10.1 Å². The van der Waals surface area contributed by atoms with Gasteiger partial charge in [0.1, 0.15) is 5.75 Å². The normalized spacial score (nSPS) is 14.5. The fourth-order valence-corrected chi connectivity index (χ4v) is 3.25. The number of rotatable bonds is 8. The summed E-state index contributed by atoms with van der Waals surface area (Å²) in [7, 11) is 1.66. The number of benzene rings is 1. The van der Waals surface area contributed by atoms with E-state index in [1.54, 1.807) is 19.5 Å². The first-order chi connectivity index (χ1) is 12.7. The number of hydrogen-bond acceptors (Lipinski definition) is 3. The third-order valence-corrected chi connectivity index (χ3v) is 4.88. The number of carbonyl (C=O) groups excluding carboxylic acids is 1. The summed E-state index contributed by atoms with van der Waals surface area (Å²) in [5.41, 5.74) is 2.01. The highest BCUT2D eigenvalue weighted by molar-refractivity contribution is 5.74. The van der Waals surface area contributed by atoms with Crippen molar-refractivity contribution in [3.05, 3.63) is 59.9 Å². The Hall–Kier alpha value is -2.56. The van der Waals surface area contributed by atoms with Crippen molar-refractivity contribution in [3.63, 3.8) is 0 Å². The van der Waals surface area contributed by atoms with E-state index in [9.17, 15) is 4.79 Å². The van der Waals surface area contributed by atoms with E-state index in [0.29, 0.717) is 19.0 Å². The predicted molar refractivity (Wildman–Crippen MR) is 102 cm³/mol. The number of aromatic nitrogens is 1. The zero-order valence-corrected chi connectivity index (χ0v) is 15.5. The molecular weight excluding hydrogens is 326 g/mol. The summed E-state index contributed by atoms with van der Waals surface area (Å²) in [6, 6.07) is 12.0. The number of pyridine rings is 1. The van der Waals surface area contributed by atoms with E-state index in [0.717, 1.165) is 23.3 Å². The first kappa shape index (κ1) is 18.2. The lowest BCUT2D eigenvalue weighted by Gasteiger charge is -2.27. The van der Waals surface area contributed by atoms with Crippen LogP contribution in [0.1, 0.15) is 37.3 Å². The Morgan fingerprint density at radius 1 is 1.27 bits per heavy atom. The average Bonchev–Trinajstić information content (AvgIpc) is 3.51. The molecule has 1 aliphatic rings. The Bertz CT molecular complexity index is 716. The number of methoxy groups -OCH3 is 1. The first-order valence-corrected chi connectivity index (χ1v) is 9.27. The van der Waals surface area contributed by atoms with Crippen molar-refractivity contribution >= 4 is 6.03 Å². The summed E-state index contributed by atoms with van der Waals surface area (Å²) in [5.74, 6) is 1.43. The van der Waals surface area contributed by atoms with Gasteiger partial charge < -0.3 is 15.0 Å². The Morgan fingerprint density at radius 2 is 2.08 bits per heavy atom. The van der Waals surface area contributed by atoms with E-state index in [1.165, 1.54) is 12.8 Å². The maximum atomic E-state index is 13.0. The third kappa shape index (κ3) is 4.75. The Morgan fingerprint density at radius 3 is 2.73 bits per heavy atom. The zero-order chi connectivity index (χ0) is 18.4. The van der Waals surface area contributed by atoms with Crippen LogP contribution >= 0.6 is 0 Å². The van der Waals surface area contributed by atoms with Crippen molar-refractivity contribution in [1.29, 1.82) is 0 Å². The van der Waals surface area contributed by atoms with Crippen molar-refractivity contribution in [3.8, 4) is 5.75 Å². The molecule has 1 fully saturated rings. The molecule has 0 spiro atoms. The smallest absolute Gasteiger partial charge is 0.318 e. The van der Waals surface area contributed by atoms with Gasteiger partial charge in [0.05, 0.1) is 13.7 Å². The topological polar surface area (TPSA) is 54.5 Å². The standard InChI is InChI=1S/C21H27N3O2/c1-3-19(17-10-11-17)23-21(25)24(14-16-7-6-12-22-13-16)15-18-8-4-5-9-20(18)26-2/h4-9,12-13,17,19H,3,10-11,14-15H2,1-2H3,(H,23,25)/t19-/m1/s1. The quantitative estimate of drug-likeness (QED) is 0.781. The third-order valence-electron chi connectivity index (χ3n) is 4.88. The van der Waals surface area contributed by atoms with Gasteiger partial charge in [0.25, 0.3) is 0 Å². The largest absolute Gasteiger partial charge is 0.496 e. The monoisotopic (exact) mass is 353 g/mol. The van der Waals surface area contributed by atoms with Crippen LogP contribution in [0.5, 0.6) is 5.75 Å². The molecule has 0 saturated heterocycles. The number of hydrogen-bond donors (Lipinski definition) is 1. The van der Waals surface area contributed by atoms with Crippen LogP contribution in [0, 0.1) is 5.92 Å². The number of para-hydroxylation sites is 1. The minimum atomic E-state index is -0.0292. The van der Waals surface area contributed by atoms with Gasteiger partial charge in [-0.3, -0.25) is 4.98 Å². The van der Waals surface area contributed by atoms with Crippen LogP contribution in [0.4, 0.5) is 4.79 Å². The number of ether oxygens (including phenoxy) is 1. The second-order valence-electron chi connectivity index (χ2n) is 6.83. The molecule has 2 amide bonds. The summed E-state index contributed by atoms with van der Waals surface area (Å²) in [4.78, 5) is 19.0. The molecule has 1 saturated carbocycles. The molecule has 0 bridgehead atoms. The van der Waals surface area contributed by atoms with Crippen molar-refractivity contribution in [1.82, 2.24) is 15.2 Å². The molecule has 0 radical (unpaired) electrons. The van der Waals surface area contributed by atoms with Crippen molar-refractivity contribution in [2.45, 2.75) is 45.3 Å². The molecular formula is C21H27N3O2. The second kappa shape index (κ2) is 8.70. The second-order valence-corrected chi connectivity index (χ2v) is 6.83. The fraction of sp³-hybridized carbons (Fsp3) is 0.429. The number of nitrogens with one attached hydrogen (secondary N) is 1. The van der Waals surface area contributed by atoms with E-state index >= 15 is 0 Å². The lowest BCUT2D eigenvalue weighted by molar-refractivity contribution is 0.185. The van der Waals surface area contributed by atoms with Crippen LogP contribution in [-0.4, -0.2) is 29.1 Å². The molecule has 0 unspecified atom stereocenters. The van der Waals surface area contributed by atoms with E-state index < -0.39 is 0 Å². The molecule has 1 aliphatic carbocycles. The van der Waals surface area contributed by atoms with Gasteiger partial charge in [-0.1, -0.05) is 31.2 Å². The van der Waals surface area contributed by atoms with E-state index in [1.807, 2.05) is 41.3 Å². The molecule has 138 valence electrons. The Balaban J connectivity index is 1.77. The zero-order valence-electron chi connectivity index (χ0n) is 15.5. The number of amides is 2. The average molecular weight is 353 g/mol. The van der Waals surface area contributed by atoms with Gasteiger partial charge in [0.2, 0.25) is 0 Å². The van der Waals surface area contributed by atoms with Crippen molar-refractivity contribution < 1.29 is 9.53 Å². The van der Waals surface area contributed by atoms with Gasteiger partial charge >= 0.3 is 6.03 Å². The predicted octanol–water partition coefficient (Wildman–Crippen LogP) is 3.99. The van der Waals surface area contributed by atoms with E-state index in [2.05, 4.69) is 17.2 Å². The minimum Gasteiger partial charge on any atom is -0.496 e. The minimum absolute atomic E-state index is 0.0292. The van der Waals surface area contributed by atoms with Crippen LogP contribution in [0.25, 0.3) is 0 Å². The molecule has 26 heavy (non-hydrogen) atoms. The maximum Gasteiger partial charge on any atom is 0.318 e.